The standard InChI is InChI=1S/C14H21N3O2S/c1-14-8-17(6-12(14)10-3-4-11(14)5-10)20(18,19)13-7-16(2)9-15-13/h7,9-12H,3-6,8H2,1-2H3/t10-,11+,12?,14?/m1/s1. The molecule has 1 aromatic rings. The largest absolute Gasteiger partial charge is 0.339 e. The normalized spacial score (nSPS) is 40.4. The van der Waals surface area contributed by atoms with Crippen LogP contribution in [-0.2, 0) is 17.1 Å². The molecule has 2 aliphatic carbocycles. The number of sulfonamides is 1. The maximum Gasteiger partial charge on any atom is 0.262 e. The van der Waals surface area contributed by atoms with Crippen molar-refractivity contribution in [1.82, 2.24) is 13.9 Å². The first-order chi connectivity index (χ1) is 9.41. The van der Waals surface area contributed by atoms with Crippen molar-refractivity contribution in [2.24, 2.45) is 30.2 Å². The lowest BCUT2D eigenvalue weighted by Gasteiger charge is -2.34. The van der Waals surface area contributed by atoms with Gasteiger partial charge in [-0.1, -0.05) is 6.92 Å². The number of aryl methyl sites for hydroxylation is 1. The fraction of sp³-hybridized carbons (Fsp3) is 0.786. The monoisotopic (exact) mass is 295 g/mol. The van der Waals surface area contributed by atoms with Crippen LogP contribution in [0.3, 0.4) is 0 Å². The van der Waals surface area contributed by atoms with Crippen molar-refractivity contribution >= 4 is 10.0 Å². The Morgan fingerprint density at radius 2 is 2.20 bits per heavy atom. The number of imidazole rings is 1. The summed E-state index contributed by atoms with van der Waals surface area (Å²) in [5.74, 6) is 2.02. The molecule has 1 aromatic heterocycles. The Labute approximate surface area is 120 Å². The van der Waals surface area contributed by atoms with Gasteiger partial charge < -0.3 is 4.57 Å². The second-order valence-corrected chi connectivity index (χ2v) is 8.94. The predicted octanol–water partition coefficient (Wildman–Crippen LogP) is 1.48. The first-order valence-electron chi connectivity index (χ1n) is 7.39. The summed E-state index contributed by atoms with van der Waals surface area (Å²) < 4.78 is 28.8. The smallest absolute Gasteiger partial charge is 0.262 e. The minimum atomic E-state index is -3.42. The predicted molar refractivity (Wildman–Crippen MR) is 74.4 cm³/mol. The topological polar surface area (TPSA) is 55.2 Å². The van der Waals surface area contributed by atoms with E-state index in [9.17, 15) is 8.42 Å². The van der Waals surface area contributed by atoms with Gasteiger partial charge in [-0.3, -0.25) is 0 Å². The zero-order chi connectivity index (χ0) is 14.1. The van der Waals surface area contributed by atoms with Gasteiger partial charge in [0.2, 0.25) is 0 Å². The van der Waals surface area contributed by atoms with E-state index < -0.39 is 10.0 Å². The molecule has 3 fully saturated rings. The summed E-state index contributed by atoms with van der Waals surface area (Å²) >= 11 is 0. The van der Waals surface area contributed by atoms with Gasteiger partial charge in [0.1, 0.15) is 0 Å². The van der Waals surface area contributed by atoms with Crippen molar-refractivity contribution in [2.45, 2.75) is 31.2 Å². The molecule has 110 valence electrons. The van der Waals surface area contributed by atoms with Crippen LogP contribution in [-0.4, -0.2) is 35.4 Å². The van der Waals surface area contributed by atoms with E-state index in [2.05, 4.69) is 11.9 Å². The molecule has 1 aliphatic heterocycles. The third-order valence-corrected chi connectivity index (χ3v) is 7.72. The van der Waals surface area contributed by atoms with E-state index in [1.165, 1.54) is 19.3 Å². The van der Waals surface area contributed by atoms with Crippen molar-refractivity contribution in [1.29, 1.82) is 0 Å². The summed E-state index contributed by atoms with van der Waals surface area (Å²) in [5, 5.41) is 0.191. The van der Waals surface area contributed by atoms with Crippen molar-refractivity contribution < 1.29 is 8.42 Å². The molecule has 4 rings (SSSR count). The van der Waals surface area contributed by atoms with E-state index in [1.807, 2.05) is 0 Å². The van der Waals surface area contributed by atoms with E-state index in [-0.39, 0.29) is 10.4 Å². The van der Waals surface area contributed by atoms with Crippen LogP contribution in [0.25, 0.3) is 0 Å². The summed E-state index contributed by atoms with van der Waals surface area (Å²) in [5.41, 5.74) is 0.199. The molecule has 4 atom stereocenters. The molecule has 0 amide bonds. The Kier molecular flexibility index (Phi) is 2.47. The highest BCUT2D eigenvalue weighted by atomic mass is 32.2. The van der Waals surface area contributed by atoms with Crippen molar-refractivity contribution in [2.75, 3.05) is 13.1 Å². The lowest BCUT2D eigenvalue weighted by Crippen LogP contribution is -2.34. The lowest BCUT2D eigenvalue weighted by atomic mass is 9.70. The summed E-state index contributed by atoms with van der Waals surface area (Å²) in [4.78, 5) is 4.04. The maximum atomic E-state index is 12.7. The van der Waals surface area contributed by atoms with E-state index in [1.54, 1.807) is 28.4 Å². The number of nitrogens with zero attached hydrogens (tertiary/aromatic N) is 3. The first kappa shape index (κ1) is 12.8. The molecule has 0 radical (unpaired) electrons. The zero-order valence-electron chi connectivity index (χ0n) is 12.0. The molecule has 2 saturated carbocycles. The van der Waals surface area contributed by atoms with Crippen LogP contribution >= 0.6 is 0 Å². The molecular formula is C14H21N3O2S. The average Bonchev–Trinajstić information content (AvgIpc) is 3.07. The second kappa shape index (κ2) is 3.85. The van der Waals surface area contributed by atoms with Gasteiger partial charge in [0.05, 0.1) is 6.33 Å². The van der Waals surface area contributed by atoms with Crippen molar-refractivity contribution in [3.05, 3.63) is 12.5 Å². The molecule has 2 unspecified atom stereocenters. The molecule has 2 heterocycles. The van der Waals surface area contributed by atoms with Gasteiger partial charge in [0.15, 0.2) is 5.03 Å². The van der Waals surface area contributed by atoms with Crippen LogP contribution in [0.2, 0.25) is 0 Å². The minimum absolute atomic E-state index is 0.191. The zero-order valence-corrected chi connectivity index (χ0v) is 12.8. The Morgan fingerprint density at radius 3 is 2.85 bits per heavy atom. The van der Waals surface area contributed by atoms with Gasteiger partial charge in [0, 0.05) is 26.3 Å². The van der Waals surface area contributed by atoms with Crippen LogP contribution in [0.15, 0.2) is 17.6 Å². The molecule has 3 aliphatic rings. The summed E-state index contributed by atoms with van der Waals surface area (Å²) in [7, 11) is -1.62. The third-order valence-electron chi connectivity index (χ3n) is 6.02. The fourth-order valence-electron chi connectivity index (χ4n) is 4.93. The Hall–Kier alpha value is -0.880. The number of fused-ring (bicyclic) bond motifs is 5. The second-order valence-electron chi connectivity index (χ2n) is 7.06. The van der Waals surface area contributed by atoms with Gasteiger partial charge in [-0.25, -0.2) is 13.4 Å². The van der Waals surface area contributed by atoms with E-state index in [0.29, 0.717) is 19.0 Å². The number of aromatic nitrogens is 2. The summed E-state index contributed by atoms with van der Waals surface area (Å²) in [6, 6.07) is 0. The lowest BCUT2D eigenvalue weighted by molar-refractivity contribution is 0.154. The Balaban J connectivity index is 1.66. The summed E-state index contributed by atoms with van der Waals surface area (Å²) in [6.45, 7) is 3.67. The van der Waals surface area contributed by atoms with Crippen molar-refractivity contribution in [3.8, 4) is 0 Å². The van der Waals surface area contributed by atoms with Gasteiger partial charge in [-0.2, -0.15) is 4.31 Å². The van der Waals surface area contributed by atoms with Crippen molar-refractivity contribution in [3.63, 3.8) is 0 Å². The SMILES string of the molecule is Cn1cnc(S(=O)(=O)N2CC3[C@@H]4CC[C@@H](C4)C3(C)C2)c1. The number of hydrogen-bond acceptors (Lipinski definition) is 3. The maximum absolute atomic E-state index is 12.7. The minimum Gasteiger partial charge on any atom is -0.339 e. The Bertz CT molecular complexity index is 653. The average molecular weight is 295 g/mol. The molecule has 2 bridgehead atoms. The highest BCUT2D eigenvalue weighted by molar-refractivity contribution is 7.89. The molecule has 5 nitrogen and oxygen atoms in total. The molecule has 1 saturated heterocycles. The first-order valence-corrected chi connectivity index (χ1v) is 8.83. The van der Waals surface area contributed by atoms with Gasteiger partial charge in [-0.15, -0.1) is 0 Å². The fourth-order valence-corrected chi connectivity index (χ4v) is 6.48. The molecule has 20 heavy (non-hydrogen) atoms. The molecule has 6 heteroatoms. The Morgan fingerprint density at radius 1 is 1.40 bits per heavy atom. The third kappa shape index (κ3) is 1.52. The van der Waals surface area contributed by atoms with Crippen LogP contribution in [0.1, 0.15) is 26.2 Å². The highest BCUT2D eigenvalue weighted by Gasteiger charge is 2.60. The van der Waals surface area contributed by atoms with E-state index in [0.717, 1.165) is 11.8 Å². The van der Waals surface area contributed by atoms with Crippen LogP contribution < -0.4 is 0 Å². The number of hydrogen-bond donors (Lipinski definition) is 0. The van der Waals surface area contributed by atoms with Gasteiger partial charge in [-0.05, 0) is 42.4 Å². The van der Waals surface area contributed by atoms with Gasteiger partial charge in [0.25, 0.3) is 10.0 Å². The van der Waals surface area contributed by atoms with E-state index >= 15 is 0 Å². The van der Waals surface area contributed by atoms with Crippen LogP contribution in [0, 0.1) is 23.2 Å². The van der Waals surface area contributed by atoms with E-state index in [4.69, 9.17) is 0 Å². The molecule has 0 aromatic carbocycles. The summed E-state index contributed by atoms with van der Waals surface area (Å²) in [6.07, 6.45) is 7.05. The highest BCUT2D eigenvalue weighted by Crippen LogP contribution is 2.62. The molecular weight excluding hydrogens is 274 g/mol. The van der Waals surface area contributed by atoms with Crippen LogP contribution in [0.5, 0.6) is 0 Å². The molecule has 0 spiro atoms. The van der Waals surface area contributed by atoms with Crippen LogP contribution in [0.4, 0.5) is 0 Å². The number of rotatable bonds is 2. The quantitative estimate of drug-likeness (QED) is 0.830. The molecule has 0 N–H and O–H groups in total. The van der Waals surface area contributed by atoms with Gasteiger partial charge >= 0.3 is 0 Å².